The Morgan fingerprint density at radius 2 is 1.88 bits per heavy atom. The molecule has 1 fully saturated rings. The van der Waals surface area contributed by atoms with Crippen LogP contribution < -0.4 is 4.90 Å². The van der Waals surface area contributed by atoms with Crippen LogP contribution in [0.5, 0.6) is 0 Å². The summed E-state index contributed by atoms with van der Waals surface area (Å²) in [4.78, 5) is 15.5. The quantitative estimate of drug-likeness (QED) is 0.778. The molecule has 5 heteroatoms. The first-order valence-corrected chi connectivity index (χ1v) is 8.65. The third kappa shape index (κ3) is 2.96. The van der Waals surface area contributed by atoms with Crippen LogP contribution in [0.25, 0.3) is 22.2 Å². The lowest BCUT2D eigenvalue weighted by Gasteiger charge is -2.46. The second-order valence-electron chi connectivity index (χ2n) is 7.27. The van der Waals surface area contributed by atoms with Gasteiger partial charge in [0.05, 0.1) is 23.5 Å². The molecule has 0 aromatic carbocycles. The molecular formula is C20H22N4O. The molecule has 0 radical (unpaired) electrons. The van der Waals surface area contributed by atoms with Gasteiger partial charge in [-0.1, -0.05) is 0 Å². The van der Waals surface area contributed by atoms with E-state index in [1.54, 1.807) is 12.4 Å². The number of rotatable bonds is 2. The lowest BCUT2D eigenvalue weighted by molar-refractivity contribution is 0.107. The van der Waals surface area contributed by atoms with E-state index in [2.05, 4.69) is 34.8 Å². The maximum atomic E-state index is 10.1. The normalized spacial score (nSPS) is 20.0. The SMILES string of the molecule is CC1(C)CC(O)CCN1c1cc(-c2ccncc2)nc2cnccc12. The number of anilines is 1. The van der Waals surface area contributed by atoms with Crippen molar-refractivity contribution < 1.29 is 5.11 Å². The molecule has 5 nitrogen and oxygen atoms in total. The molecule has 1 saturated heterocycles. The summed E-state index contributed by atoms with van der Waals surface area (Å²) in [7, 11) is 0. The van der Waals surface area contributed by atoms with Crippen molar-refractivity contribution in [1.82, 2.24) is 15.0 Å². The smallest absolute Gasteiger partial charge is 0.0913 e. The van der Waals surface area contributed by atoms with Crippen LogP contribution in [0.2, 0.25) is 0 Å². The van der Waals surface area contributed by atoms with E-state index in [1.165, 1.54) is 0 Å². The monoisotopic (exact) mass is 334 g/mol. The lowest BCUT2D eigenvalue weighted by atomic mass is 9.87. The topological polar surface area (TPSA) is 62.1 Å². The summed E-state index contributed by atoms with van der Waals surface area (Å²) < 4.78 is 0. The van der Waals surface area contributed by atoms with Gasteiger partial charge >= 0.3 is 0 Å². The van der Waals surface area contributed by atoms with Gasteiger partial charge in [-0.2, -0.15) is 0 Å². The zero-order chi connectivity index (χ0) is 17.4. The van der Waals surface area contributed by atoms with Crippen molar-refractivity contribution in [3.05, 3.63) is 49.1 Å². The molecule has 0 saturated carbocycles. The summed E-state index contributed by atoms with van der Waals surface area (Å²) in [6.45, 7) is 5.20. The van der Waals surface area contributed by atoms with Crippen LogP contribution in [0.1, 0.15) is 26.7 Å². The number of hydrogen-bond donors (Lipinski definition) is 1. The zero-order valence-electron chi connectivity index (χ0n) is 14.6. The number of hydrogen-bond acceptors (Lipinski definition) is 5. The molecule has 1 aliphatic rings. The molecule has 1 N–H and O–H groups in total. The number of fused-ring (bicyclic) bond motifs is 1. The first-order chi connectivity index (χ1) is 12.0. The Hall–Kier alpha value is -2.53. The molecule has 25 heavy (non-hydrogen) atoms. The third-order valence-electron chi connectivity index (χ3n) is 5.01. The molecule has 4 heterocycles. The lowest BCUT2D eigenvalue weighted by Crippen LogP contribution is -2.51. The minimum atomic E-state index is -0.235. The van der Waals surface area contributed by atoms with E-state index in [9.17, 15) is 5.11 Å². The van der Waals surface area contributed by atoms with E-state index in [-0.39, 0.29) is 11.6 Å². The highest BCUT2D eigenvalue weighted by atomic mass is 16.3. The van der Waals surface area contributed by atoms with Crippen molar-refractivity contribution >= 4 is 16.6 Å². The average molecular weight is 334 g/mol. The Balaban J connectivity index is 1.90. The molecule has 1 unspecified atom stereocenters. The molecule has 1 atom stereocenters. The van der Waals surface area contributed by atoms with Crippen LogP contribution >= 0.6 is 0 Å². The van der Waals surface area contributed by atoms with Crippen LogP contribution in [-0.2, 0) is 0 Å². The number of aliphatic hydroxyl groups excluding tert-OH is 1. The first kappa shape index (κ1) is 16.0. The van der Waals surface area contributed by atoms with E-state index in [1.807, 2.05) is 30.6 Å². The van der Waals surface area contributed by atoms with Crippen LogP contribution in [0.4, 0.5) is 5.69 Å². The van der Waals surface area contributed by atoms with Gasteiger partial charge in [0.15, 0.2) is 0 Å². The van der Waals surface area contributed by atoms with Crippen LogP contribution in [0, 0.1) is 0 Å². The number of aromatic nitrogens is 3. The molecule has 128 valence electrons. The Kier molecular flexibility index (Phi) is 3.88. The molecular weight excluding hydrogens is 312 g/mol. The fraction of sp³-hybridized carbons (Fsp3) is 0.350. The number of piperidine rings is 1. The summed E-state index contributed by atoms with van der Waals surface area (Å²) in [5.74, 6) is 0. The van der Waals surface area contributed by atoms with Gasteiger partial charge in [0.2, 0.25) is 0 Å². The summed E-state index contributed by atoms with van der Waals surface area (Å²) >= 11 is 0. The molecule has 0 aliphatic carbocycles. The molecule has 3 aromatic heterocycles. The number of pyridine rings is 3. The second-order valence-corrected chi connectivity index (χ2v) is 7.27. The van der Waals surface area contributed by atoms with Crippen molar-refractivity contribution in [2.75, 3.05) is 11.4 Å². The average Bonchev–Trinajstić information content (AvgIpc) is 2.61. The van der Waals surface area contributed by atoms with E-state index < -0.39 is 0 Å². The maximum Gasteiger partial charge on any atom is 0.0913 e. The highest BCUT2D eigenvalue weighted by Gasteiger charge is 2.35. The summed E-state index contributed by atoms with van der Waals surface area (Å²) in [6.07, 6.45) is 8.49. The number of nitrogens with zero attached hydrogens (tertiary/aromatic N) is 4. The minimum absolute atomic E-state index is 0.120. The van der Waals surface area contributed by atoms with Crippen molar-refractivity contribution in [3.8, 4) is 11.3 Å². The van der Waals surface area contributed by atoms with E-state index in [0.717, 1.165) is 47.2 Å². The first-order valence-electron chi connectivity index (χ1n) is 8.65. The predicted molar refractivity (Wildman–Crippen MR) is 99.4 cm³/mol. The van der Waals surface area contributed by atoms with Crippen molar-refractivity contribution in [2.24, 2.45) is 0 Å². The van der Waals surface area contributed by atoms with Crippen molar-refractivity contribution in [3.63, 3.8) is 0 Å². The van der Waals surface area contributed by atoms with Crippen molar-refractivity contribution in [2.45, 2.75) is 38.3 Å². The van der Waals surface area contributed by atoms with Crippen LogP contribution in [0.15, 0.2) is 49.1 Å². The van der Waals surface area contributed by atoms with Gasteiger partial charge in [0, 0.05) is 47.3 Å². The number of aliphatic hydroxyl groups is 1. The highest BCUT2D eigenvalue weighted by Crippen LogP contribution is 2.38. The van der Waals surface area contributed by atoms with Gasteiger partial charge < -0.3 is 10.0 Å². The Morgan fingerprint density at radius 3 is 2.64 bits per heavy atom. The Morgan fingerprint density at radius 1 is 1.12 bits per heavy atom. The fourth-order valence-corrected chi connectivity index (χ4v) is 3.77. The van der Waals surface area contributed by atoms with Gasteiger partial charge in [0.1, 0.15) is 0 Å². The van der Waals surface area contributed by atoms with Gasteiger partial charge in [-0.15, -0.1) is 0 Å². The van der Waals surface area contributed by atoms with Gasteiger partial charge in [-0.05, 0) is 51.0 Å². The van der Waals surface area contributed by atoms with Crippen LogP contribution in [-0.4, -0.2) is 38.2 Å². The van der Waals surface area contributed by atoms with Crippen LogP contribution in [0.3, 0.4) is 0 Å². The van der Waals surface area contributed by atoms with Gasteiger partial charge in [-0.25, -0.2) is 4.98 Å². The summed E-state index contributed by atoms with van der Waals surface area (Å²) in [5.41, 5.74) is 3.87. The van der Waals surface area contributed by atoms with Crippen molar-refractivity contribution in [1.29, 1.82) is 0 Å². The van der Waals surface area contributed by atoms with E-state index >= 15 is 0 Å². The summed E-state index contributed by atoms with van der Waals surface area (Å²) in [5, 5.41) is 11.2. The predicted octanol–water partition coefficient (Wildman–Crippen LogP) is 3.43. The van der Waals surface area contributed by atoms with E-state index in [0.29, 0.717) is 0 Å². The molecule has 0 amide bonds. The molecule has 0 spiro atoms. The zero-order valence-corrected chi connectivity index (χ0v) is 14.6. The molecule has 3 aromatic rings. The Labute approximate surface area is 147 Å². The largest absolute Gasteiger partial charge is 0.393 e. The molecule has 0 bridgehead atoms. The van der Waals surface area contributed by atoms with E-state index in [4.69, 9.17) is 4.98 Å². The maximum absolute atomic E-state index is 10.1. The fourth-order valence-electron chi connectivity index (χ4n) is 3.77. The van der Waals surface area contributed by atoms with Gasteiger partial charge in [0.25, 0.3) is 0 Å². The van der Waals surface area contributed by atoms with Gasteiger partial charge in [-0.3, -0.25) is 9.97 Å². The minimum Gasteiger partial charge on any atom is -0.393 e. The Bertz CT molecular complexity index is 895. The standard InChI is InChI=1S/C20H22N4O/c1-20(2)12-15(25)6-10-24(20)19-11-17(14-3-7-21-8-4-14)23-18-13-22-9-5-16(18)19/h3-5,7-9,11,13,15,25H,6,10,12H2,1-2H3. The highest BCUT2D eigenvalue weighted by molar-refractivity contribution is 5.94. The molecule has 4 rings (SSSR count). The third-order valence-corrected chi connectivity index (χ3v) is 5.01. The second kappa shape index (κ2) is 6.08. The molecule has 1 aliphatic heterocycles. The summed E-state index contributed by atoms with van der Waals surface area (Å²) in [6, 6.07) is 8.12.